The topological polar surface area (TPSA) is 70.2 Å². The summed E-state index contributed by atoms with van der Waals surface area (Å²) < 4.78 is 5.84. The van der Waals surface area contributed by atoms with Gasteiger partial charge in [0, 0.05) is 25.8 Å². The molecule has 6 heteroatoms. The molecule has 0 unspecified atom stereocenters. The summed E-state index contributed by atoms with van der Waals surface area (Å²) in [5.74, 6) is -0.154. The average Bonchev–Trinajstić information content (AvgIpc) is 3.10. The standard InChI is InChI=1S/C17H22N4O2/c1-13(19-17(22)15-7-8-18-20-15)16-12-21(9-10-23-16)11-14-5-3-2-4-6-14/h2-8,13,16H,9-12H2,1H3,(H,18,20)(H,19,22)/t13-,16+/m0/s1. The summed E-state index contributed by atoms with van der Waals surface area (Å²) in [5.41, 5.74) is 1.76. The zero-order valence-electron chi connectivity index (χ0n) is 13.2. The number of amides is 1. The van der Waals surface area contributed by atoms with Crippen LogP contribution >= 0.6 is 0 Å². The zero-order chi connectivity index (χ0) is 16.1. The average molecular weight is 314 g/mol. The van der Waals surface area contributed by atoms with Crippen molar-refractivity contribution in [1.82, 2.24) is 20.4 Å². The summed E-state index contributed by atoms with van der Waals surface area (Å²) in [6, 6.07) is 12.0. The van der Waals surface area contributed by atoms with E-state index in [0.29, 0.717) is 12.3 Å². The van der Waals surface area contributed by atoms with Gasteiger partial charge in [-0.05, 0) is 18.6 Å². The molecule has 6 nitrogen and oxygen atoms in total. The Morgan fingerprint density at radius 2 is 2.26 bits per heavy atom. The van der Waals surface area contributed by atoms with Gasteiger partial charge >= 0.3 is 0 Å². The molecule has 3 rings (SSSR count). The summed E-state index contributed by atoms with van der Waals surface area (Å²) >= 11 is 0. The number of carbonyl (C=O) groups is 1. The summed E-state index contributed by atoms with van der Waals surface area (Å²) in [5, 5.41) is 9.44. The molecular weight excluding hydrogens is 292 g/mol. The van der Waals surface area contributed by atoms with Gasteiger partial charge in [0.1, 0.15) is 5.69 Å². The lowest BCUT2D eigenvalue weighted by atomic mass is 10.1. The van der Waals surface area contributed by atoms with Crippen molar-refractivity contribution in [2.75, 3.05) is 19.7 Å². The lowest BCUT2D eigenvalue weighted by molar-refractivity contribution is -0.0449. The van der Waals surface area contributed by atoms with Crippen molar-refractivity contribution in [3.05, 3.63) is 53.9 Å². The molecule has 0 saturated carbocycles. The summed E-state index contributed by atoms with van der Waals surface area (Å²) in [4.78, 5) is 14.4. The Morgan fingerprint density at radius 3 is 3.00 bits per heavy atom. The van der Waals surface area contributed by atoms with Crippen LogP contribution in [0.2, 0.25) is 0 Å². The number of aromatic amines is 1. The molecule has 1 amide bonds. The van der Waals surface area contributed by atoms with Crippen molar-refractivity contribution in [1.29, 1.82) is 0 Å². The summed E-state index contributed by atoms with van der Waals surface area (Å²) in [7, 11) is 0. The number of H-pyrrole nitrogens is 1. The number of hydrogen-bond acceptors (Lipinski definition) is 4. The van der Waals surface area contributed by atoms with Crippen LogP contribution in [0, 0.1) is 0 Å². The fourth-order valence-corrected chi connectivity index (χ4v) is 2.78. The number of ether oxygens (including phenoxy) is 1. The van der Waals surface area contributed by atoms with Gasteiger partial charge in [-0.15, -0.1) is 0 Å². The van der Waals surface area contributed by atoms with Crippen molar-refractivity contribution in [3.8, 4) is 0 Å². The van der Waals surface area contributed by atoms with Gasteiger partial charge in [-0.2, -0.15) is 5.10 Å². The molecule has 1 aliphatic heterocycles. The van der Waals surface area contributed by atoms with Crippen LogP contribution in [0.25, 0.3) is 0 Å². The van der Waals surface area contributed by atoms with E-state index >= 15 is 0 Å². The van der Waals surface area contributed by atoms with Crippen molar-refractivity contribution in [3.63, 3.8) is 0 Å². The van der Waals surface area contributed by atoms with Gasteiger partial charge in [-0.3, -0.25) is 14.8 Å². The van der Waals surface area contributed by atoms with E-state index in [1.807, 2.05) is 13.0 Å². The molecule has 0 radical (unpaired) electrons. The number of hydrogen-bond donors (Lipinski definition) is 2. The molecule has 1 aromatic heterocycles. The predicted molar refractivity (Wildman–Crippen MR) is 87.0 cm³/mol. The highest BCUT2D eigenvalue weighted by Crippen LogP contribution is 2.13. The maximum atomic E-state index is 12.1. The maximum absolute atomic E-state index is 12.1. The second kappa shape index (κ2) is 7.39. The summed E-state index contributed by atoms with van der Waals surface area (Å²) in [6.07, 6.45) is 1.55. The number of nitrogens with zero attached hydrogens (tertiary/aromatic N) is 2. The van der Waals surface area contributed by atoms with Crippen LogP contribution in [-0.2, 0) is 11.3 Å². The Kier molecular flexibility index (Phi) is 5.05. The first-order chi connectivity index (χ1) is 11.2. The monoisotopic (exact) mass is 314 g/mol. The lowest BCUT2D eigenvalue weighted by Gasteiger charge is -2.36. The minimum Gasteiger partial charge on any atom is -0.373 e. The Labute approximate surface area is 135 Å². The van der Waals surface area contributed by atoms with Gasteiger partial charge in [0.15, 0.2) is 0 Å². The molecule has 1 aromatic carbocycles. The third kappa shape index (κ3) is 4.18. The largest absolute Gasteiger partial charge is 0.373 e. The van der Waals surface area contributed by atoms with E-state index in [9.17, 15) is 4.79 Å². The van der Waals surface area contributed by atoms with Crippen molar-refractivity contribution in [2.24, 2.45) is 0 Å². The van der Waals surface area contributed by atoms with Gasteiger partial charge in [0.2, 0.25) is 0 Å². The first-order valence-electron chi connectivity index (χ1n) is 7.90. The Bertz CT molecular complexity index is 615. The van der Waals surface area contributed by atoms with E-state index < -0.39 is 0 Å². The molecule has 2 heterocycles. The number of aromatic nitrogens is 2. The smallest absolute Gasteiger partial charge is 0.269 e. The fourth-order valence-electron chi connectivity index (χ4n) is 2.78. The minimum atomic E-state index is -0.154. The number of nitrogens with one attached hydrogen (secondary N) is 2. The van der Waals surface area contributed by atoms with Crippen LogP contribution in [0.5, 0.6) is 0 Å². The molecule has 1 fully saturated rings. The molecule has 2 N–H and O–H groups in total. The van der Waals surface area contributed by atoms with Gasteiger partial charge in [-0.25, -0.2) is 0 Å². The zero-order valence-corrected chi connectivity index (χ0v) is 13.2. The molecule has 0 bridgehead atoms. The van der Waals surface area contributed by atoms with E-state index in [-0.39, 0.29) is 18.1 Å². The quantitative estimate of drug-likeness (QED) is 0.876. The fraction of sp³-hybridized carbons (Fsp3) is 0.412. The SMILES string of the molecule is C[C@H](NC(=O)c1ccn[nH]1)[C@H]1CN(Cc2ccccc2)CCO1. The summed E-state index contributed by atoms with van der Waals surface area (Å²) in [6.45, 7) is 5.28. The Morgan fingerprint density at radius 1 is 1.43 bits per heavy atom. The van der Waals surface area contributed by atoms with E-state index in [4.69, 9.17) is 4.74 Å². The molecule has 0 aliphatic carbocycles. The van der Waals surface area contributed by atoms with E-state index in [1.165, 1.54) is 5.56 Å². The first-order valence-corrected chi connectivity index (χ1v) is 7.90. The van der Waals surface area contributed by atoms with Crippen LogP contribution < -0.4 is 5.32 Å². The highest BCUT2D eigenvalue weighted by molar-refractivity contribution is 5.92. The molecule has 2 atom stereocenters. The highest BCUT2D eigenvalue weighted by Gasteiger charge is 2.26. The third-order valence-corrected chi connectivity index (χ3v) is 4.09. The van der Waals surface area contributed by atoms with E-state index in [1.54, 1.807) is 12.3 Å². The van der Waals surface area contributed by atoms with Gasteiger partial charge < -0.3 is 10.1 Å². The van der Waals surface area contributed by atoms with Gasteiger partial charge in [0.05, 0.1) is 18.8 Å². The van der Waals surface area contributed by atoms with E-state index in [2.05, 4.69) is 44.7 Å². The third-order valence-electron chi connectivity index (χ3n) is 4.09. The van der Waals surface area contributed by atoms with E-state index in [0.717, 1.165) is 19.6 Å². The van der Waals surface area contributed by atoms with Crippen LogP contribution in [0.4, 0.5) is 0 Å². The van der Waals surface area contributed by atoms with Gasteiger partial charge in [0.25, 0.3) is 5.91 Å². The number of benzene rings is 1. The van der Waals surface area contributed by atoms with Gasteiger partial charge in [-0.1, -0.05) is 30.3 Å². The second-order valence-electron chi connectivity index (χ2n) is 5.86. The molecule has 1 saturated heterocycles. The number of rotatable bonds is 5. The minimum absolute atomic E-state index is 0.0145. The molecular formula is C17H22N4O2. The highest BCUT2D eigenvalue weighted by atomic mass is 16.5. The Balaban J connectivity index is 1.54. The molecule has 23 heavy (non-hydrogen) atoms. The van der Waals surface area contributed by atoms with Crippen LogP contribution in [-0.4, -0.2) is 52.8 Å². The lowest BCUT2D eigenvalue weighted by Crippen LogP contribution is -2.52. The van der Waals surface area contributed by atoms with Crippen molar-refractivity contribution >= 4 is 5.91 Å². The van der Waals surface area contributed by atoms with Crippen molar-refractivity contribution in [2.45, 2.75) is 25.6 Å². The molecule has 0 spiro atoms. The second-order valence-corrected chi connectivity index (χ2v) is 5.86. The first kappa shape index (κ1) is 15.7. The molecule has 122 valence electrons. The van der Waals surface area contributed by atoms with Crippen LogP contribution in [0.1, 0.15) is 23.0 Å². The number of morpholine rings is 1. The number of carbonyl (C=O) groups excluding carboxylic acids is 1. The predicted octanol–water partition coefficient (Wildman–Crippen LogP) is 1.43. The normalized spacial score (nSPS) is 20.1. The maximum Gasteiger partial charge on any atom is 0.269 e. The van der Waals surface area contributed by atoms with Crippen LogP contribution in [0.3, 0.4) is 0 Å². The molecule has 1 aliphatic rings. The molecule has 2 aromatic rings. The Hall–Kier alpha value is -2.18. The van der Waals surface area contributed by atoms with Crippen LogP contribution in [0.15, 0.2) is 42.6 Å². The van der Waals surface area contributed by atoms with Crippen molar-refractivity contribution < 1.29 is 9.53 Å².